The molecule has 6 heteroatoms. The van der Waals surface area contributed by atoms with Gasteiger partial charge in [-0.1, -0.05) is 0 Å². The van der Waals surface area contributed by atoms with Crippen LogP contribution >= 0.6 is 0 Å². The average Bonchev–Trinajstić information content (AvgIpc) is 2.74. The maximum Gasteiger partial charge on any atom is 0.250 e. The summed E-state index contributed by atoms with van der Waals surface area (Å²) in [6.45, 7) is 5.62. The van der Waals surface area contributed by atoms with E-state index in [4.69, 9.17) is 4.74 Å². The molecule has 0 aromatic rings. The first-order valence-electron chi connectivity index (χ1n) is 6.91. The van der Waals surface area contributed by atoms with Crippen LogP contribution in [0.2, 0.25) is 0 Å². The molecule has 108 valence electrons. The summed E-state index contributed by atoms with van der Waals surface area (Å²) in [5.41, 5.74) is 0. The van der Waals surface area contributed by atoms with Gasteiger partial charge in [0.15, 0.2) is 0 Å². The van der Waals surface area contributed by atoms with Crippen molar-refractivity contribution in [3.63, 3.8) is 0 Å². The van der Waals surface area contributed by atoms with Crippen LogP contribution < -0.4 is 10.6 Å². The second-order valence-corrected chi connectivity index (χ2v) is 5.46. The Balaban J connectivity index is 2.08. The summed E-state index contributed by atoms with van der Waals surface area (Å²) in [6, 6.07) is -0.722. The highest BCUT2D eigenvalue weighted by Gasteiger charge is 2.46. The van der Waals surface area contributed by atoms with Crippen LogP contribution in [0.5, 0.6) is 0 Å². The first-order valence-corrected chi connectivity index (χ1v) is 6.91. The molecule has 2 fully saturated rings. The minimum Gasteiger partial charge on any atom is -0.353 e. The minimum absolute atomic E-state index is 0.0228. The van der Waals surface area contributed by atoms with Gasteiger partial charge >= 0.3 is 0 Å². The van der Waals surface area contributed by atoms with Gasteiger partial charge in [-0.05, 0) is 40.7 Å². The van der Waals surface area contributed by atoms with E-state index in [0.717, 1.165) is 12.8 Å². The molecule has 2 aliphatic rings. The number of nitrogens with zero attached hydrogens (tertiary/aromatic N) is 1. The van der Waals surface area contributed by atoms with E-state index in [1.165, 1.54) is 0 Å². The van der Waals surface area contributed by atoms with Gasteiger partial charge in [0, 0.05) is 6.04 Å². The topological polar surface area (TPSA) is 70.7 Å². The summed E-state index contributed by atoms with van der Waals surface area (Å²) in [5, 5.41) is 5.65. The molecule has 2 N–H and O–H groups in total. The molecule has 6 nitrogen and oxygen atoms in total. The van der Waals surface area contributed by atoms with Crippen LogP contribution in [-0.4, -0.2) is 54.2 Å². The number of likely N-dealkylation sites (N-methyl/N-ethyl adjacent to an activating group) is 1. The first-order chi connectivity index (χ1) is 8.95. The van der Waals surface area contributed by atoms with Crippen molar-refractivity contribution >= 4 is 11.8 Å². The lowest BCUT2D eigenvalue weighted by atomic mass is 10.1. The van der Waals surface area contributed by atoms with E-state index >= 15 is 0 Å². The molecule has 0 spiro atoms. The molecular formula is C13H23N3O3. The van der Waals surface area contributed by atoms with Crippen molar-refractivity contribution in [3.05, 3.63) is 0 Å². The van der Waals surface area contributed by atoms with Crippen molar-refractivity contribution in [3.8, 4) is 0 Å². The zero-order valence-corrected chi connectivity index (χ0v) is 12.0. The highest BCUT2D eigenvalue weighted by atomic mass is 16.5. The van der Waals surface area contributed by atoms with E-state index in [1.807, 2.05) is 13.8 Å². The van der Waals surface area contributed by atoms with Gasteiger partial charge in [0.05, 0.1) is 12.1 Å². The molecule has 2 heterocycles. The molecule has 0 aromatic heterocycles. The molecule has 5 atom stereocenters. The largest absolute Gasteiger partial charge is 0.353 e. The highest BCUT2D eigenvalue weighted by molar-refractivity contribution is 5.90. The number of hydrogen-bond acceptors (Lipinski definition) is 4. The van der Waals surface area contributed by atoms with Gasteiger partial charge in [0.25, 0.3) is 0 Å². The number of rotatable bonds is 3. The average molecular weight is 269 g/mol. The molecule has 0 radical (unpaired) electrons. The molecule has 2 aliphatic heterocycles. The van der Waals surface area contributed by atoms with Crippen LogP contribution in [-0.2, 0) is 14.3 Å². The number of fused-ring (bicyclic) bond motifs is 1. The summed E-state index contributed by atoms with van der Waals surface area (Å²) < 4.78 is 5.85. The van der Waals surface area contributed by atoms with Crippen molar-refractivity contribution in [1.29, 1.82) is 0 Å². The van der Waals surface area contributed by atoms with Gasteiger partial charge < -0.3 is 20.3 Å². The molecule has 0 saturated carbocycles. The van der Waals surface area contributed by atoms with E-state index in [2.05, 4.69) is 10.6 Å². The van der Waals surface area contributed by atoms with Crippen molar-refractivity contribution in [2.75, 3.05) is 7.05 Å². The lowest BCUT2D eigenvalue weighted by Crippen LogP contribution is -2.63. The monoisotopic (exact) mass is 269 g/mol. The maximum absolute atomic E-state index is 12.5. The van der Waals surface area contributed by atoms with Crippen LogP contribution in [0.4, 0.5) is 0 Å². The third-order valence-electron chi connectivity index (χ3n) is 4.10. The van der Waals surface area contributed by atoms with Crippen LogP contribution in [0, 0.1) is 0 Å². The predicted molar refractivity (Wildman–Crippen MR) is 70.3 cm³/mol. The number of hydrogen-bond donors (Lipinski definition) is 2. The summed E-state index contributed by atoms with van der Waals surface area (Å²) in [4.78, 5) is 26.2. The second-order valence-electron chi connectivity index (χ2n) is 5.46. The molecule has 0 bridgehead atoms. The normalized spacial score (nSPS) is 36.0. The standard InChI is InChI=1S/C13H23N3O3/c1-7-5-6-10-16(7)13(18)11(9(3)19-10)15-12(17)8(2)14-4/h7-11,14H,5-6H2,1-4H3,(H,15,17)/t7?,8-,9+,10-,11-/m0/s1. The molecule has 2 saturated heterocycles. The Hall–Kier alpha value is -1.14. The molecule has 0 aromatic carbocycles. The van der Waals surface area contributed by atoms with Gasteiger partial charge in [-0.2, -0.15) is 0 Å². The maximum atomic E-state index is 12.5. The van der Waals surface area contributed by atoms with Crippen molar-refractivity contribution in [2.45, 2.75) is 64.1 Å². The van der Waals surface area contributed by atoms with Gasteiger partial charge in [-0.3, -0.25) is 9.59 Å². The Morgan fingerprint density at radius 2 is 2.11 bits per heavy atom. The third-order valence-corrected chi connectivity index (χ3v) is 4.10. The van der Waals surface area contributed by atoms with Crippen molar-refractivity contribution in [1.82, 2.24) is 15.5 Å². The second kappa shape index (κ2) is 5.46. The van der Waals surface area contributed by atoms with E-state index in [0.29, 0.717) is 0 Å². The smallest absolute Gasteiger partial charge is 0.250 e. The lowest BCUT2D eigenvalue weighted by molar-refractivity contribution is -0.176. The Labute approximate surface area is 113 Å². The van der Waals surface area contributed by atoms with Gasteiger partial charge in [0.1, 0.15) is 12.3 Å². The van der Waals surface area contributed by atoms with E-state index in [-0.39, 0.29) is 36.2 Å². The number of carbonyl (C=O) groups is 2. The van der Waals surface area contributed by atoms with Crippen molar-refractivity contribution < 1.29 is 14.3 Å². The quantitative estimate of drug-likeness (QED) is 0.746. The molecule has 0 aliphatic carbocycles. The molecule has 2 amide bonds. The van der Waals surface area contributed by atoms with Crippen molar-refractivity contribution in [2.24, 2.45) is 0 Å². The molecule has 2 rings (SSSR count). The van der Waals surface area contributed by atoms with Crippen LogP contribution in [0.25, 0.3) is 0 Å². The number of nitrogens with one attached hydrogen (secondary N) is 2. The Kier molecular flexibility index (Phi) is 4.10. The zero-order valence-electron chi connectivity index (χ0n) is 12.0. The SMILES string of the molecule is CN[C@@H](C)C(=O)N[C@@H]1C(=O)N2C(C)CC[C@@H]2O[C@@H]1C. The predicted octanol–water partition coefficient (Wildman–Crippen LogP) is -0.165. The van der Waals surface area contributed by atoms with E-state index < -0.39 is 6.04 Å². The number of ether oxygens (including phenoxy) is 1. The van der Waals surface area contributed by atoms with Crippen LogP contribution in [0.1, 0.15) is 33.6 Å². The summed E-state index contributed by atoms with van der Waals surface area (Å²) in [6.07, 6.45) is 1.43. The zero-order chi connectivity index (χ0) is 14.2. The molecule has 19 heavy (non-hydrogen) atoms. The Morgan fingerprint density at radius 3 is 2.74 bits per heavy atom. The summed E-state index contributed by atoms with van der Waals surface area (Å²) in [7, 11) is 1.71. The van der Waals surface area contributed by atoms with E-state index in [9.17, 15) is 9.59 Å². The Bertz CT molecular complexity index is 374. The van der Waals surface area contributed by atoms with Crippen LogP contribution in [0.15, 0.2) is 0 Å². The summed E-state index contributed by atoms with van der Waals surface area (Å²) >= 11 is 0. The fraction of sp³-hybridized carbons (Fsp3) is 0.846. The minimum atomic E-state index is -0.583. The van der Waals surface area contributed by atoms with E-state index in [1.54, 1.807) is 18.9 Å². The summed E-state index contributed by atoms with van der Waals surface area (Å²) in [5.74, 6) is -0.202. The fourth-order valence-electron chi connectivity index (χ4n) is 2.71. The number of amides is 2. The Morgan fingerprint density at radius 1 is 1.42 bits per heavy atom. The van der Waals surface area contributed by atoms with Gasteiger partial charge in [0.2, 0.25) is 11.8 Å². The highest BCUT2D eigenvalue weighted by Crippen LogP contribution is 2.31. The molecular weight excluding hydrogens is 246 g/mol. The first kappa shape index (κ1) is 14.3. The fourth-order valence-corrected chi connectivity index (χ4v) is 2.71. The number of carbonyl (C=O) groups excluding carboxylic acids is 2. The lowest BCUT2D eigenvalue weighted by Gasteiger charge is -2.41. The third kappa shape index (κ3) is 2.60. The van der Waals surface area contributed by atoms with Gasteiger partial charge in [-0.15, -0.1) is 0 Å². The van der Waals surface area contributed by atoms with Gasteiger partial charge in [-0.25, -0.2) is 0 Å². The van der Waals surface area contributed by atoms with Crippen LogP contribution in [0.3, 0.4) is 0 Å². The molecule has 1 unspecified atom stereocenters.